The number of para-hydroxylation sites is 4. The quantitative estimate of drug-likeness (QED) is 0.225. The van der Waals surface area contributed by atoms with E-state index < -0.39 is 5.97 Å². The molecule has 0 aliphatic carbocycles. The third kappa shape index (κ3) is 3.73. The predicted molar refractivity (Wildman–Crippen MR) is 145 cm³/mol. The molecule has 7 rings (SSSR count). The molecule has 0 unspecified atom stereocenters. The topological polar surface area (TPSA) is 82.1 Å². The van der Waals surface area contributed by atoms with E-state index in [0.29, 0.717) is 5.69 Å². The Morgan fingerprint density at radius 3 is 2.26 bits per heavy atom. The van der Waals surface area contributed by atoms with Gasteiger partial charge in [-0.05, 0) is 41.1 Å². The molecule has 0 spiro atoms. The summed E-state index contributed by atoms with van der Waals surface area (Å²) in [5.41, 5.74) is 6.69. The summed E-state index contributed by atoms with van der Waals surface area (Å²) >= 11 is 0. The van der Waals surface area contributed by atoms with E-state index in [0.717, 1.165) is 55.5 Å². The molecule has 0 aliphatic rings. The van der Waals surface area contributed by atoms with Gasteiger partial charge >= 0.3 is 5.97 Å². The summed E-state index contributed by atoms with van der Waals surface area (Å²) in [5.74, 6) is -0.304. The Balaban J connectivity index is 0.00000264. The number of carbonyl (C=O) groups is 1. The summed E-state index contributed by atoms with van der Waals surface area (Å²) < 4.78 is 2.13. The molecule has 0 atom stereocenters. The van der Waals surface area contributed by atoms with E-state index in [2.05, 4.69) is 39.9 Å². The summed E-state index contributed by atoms with van der Waals surface area (Å²) in [6.45, 7) is 0. The number of nitrogens with zero attached hydrogens (tertiary/aromatic N) is 4. The van der Waals surface area contributed by atoms with Crippen LogP contribution in [-0.4, -0.2) is 25.6 Å². The van der Waals surface area contributed by atoms with E-state index in [1.54, 1.807) is 6.07 Å². The van der Waals surface area contributed by atoms with Crippen LogP contribution in [0.25, 0.3) is 61.2 Å². The van der Waals surface area contributed by atoms with Gasteiger partial charge in [-0.1, -0.05) is 78.9 Å². The number of fused-ring (bicyclic) bond motifs is 4. The normalized spacial score (nSPS) is 11.2. The van der Waals surface area contributed by atoms with Crippen molar-refractivity contribution in [2.75, 3.05) is 0 Å². The van der Waals surface area contributed by atoms with Gasteiger partial charge in [0.25, 0.3) is 0 Å². The van der Waals surface area contributed by atoms with E-state index in [9.17, 15) is 9.90 Å². The van der Waals surface area contributed by atoms with Crippen LogP contribution in [-0.2, 0) is 21.1 Å². The maximum atomic E-state index is 11.6. The molecule has 4 aromatic carbocycles. The molecule has 0 saturated carbocycles. The van der Waals surface area contributed by atoms with Crippen molar-refractivity contribution in [3.63, 3.8) is 0 Å². The molecule has 186 valence electrons. The van der Waals surface area contributed by atoms with Gasteiger partial charge in [0.1, 0.15) is 11.5 Å². The van der Waals surface area contributed by atoms with Gasteiger partial charge in [0.2, 0.25) is 0 Å². The smallest absolute Gasteiger partial charge is 0.354 e. The summed E-state index contributed by atoms with van der Waals surface area (Å²) in [4.78, 5) is 26.1. The van der Waals surface area contributed by atoms with Crippen molar-refractivity contribution < 1.29 is 31.0 Å². The molecule has 3 aromatic heterocycles. The van der Waals surface area contributed by atoms with Crippen molar-refractivity contribution in [3.05, 3.63) is 115 Å². The molecule has 7 aromatic rings. The summed E-state index contributed by atoms with van der Waals surface area (Å²) in [6, 6.07) is 35.3. The molecular formula is C31H19N4O2Pt-. The number of pyridine rings is 1. The van der Waals surface area contributed by atoms with Gasteiger partial charge in [-0.25, -0.2) is 14.8 Å². The van der Waals surface area contributed by atoms with Crippen LogP contribution in [0.3, 0.4) is 0 Å². The van der Waals surface area contributed by atoms with Crippen LogP contribution < -0.4 is 4.98 Å². The molecule has 0 aliphatic heterocycles. The molecule has 0 radical (unpaired) electrons. The van der Waals surface area contributed by atoms with Crippen molar-refractivity contribution in [2.24, 2.45) is 0 Å². The molecule has 38 heavy (non-hydrogen) atoms. The van der Waals surface area contributed by atoms with E-state index in [-0.39, 0.29) is 26.8 Å². The number of hydrogen-bond donors (Lipinski definition) is 1. The molecule has 7 heteroatoms. The second kappa shape index (κ2) is 9.40. The Kier molecular flexibility index (Phi) is 5.90. The van der Waals surface area contributed by atoms with Gasteiger partial charge in [-0.3, -0.25) is 4.57 Å². The van der Waals surface area contributed by atoms with Crippen LogP contribution in [0.15, 0.2) is 109 Å². The minimum Gasteiger partial charge on any atom is -0.656 e. The minimum atomic E-state index is -1.06. The van der Waals surface area contributed by atoms with E-state index in [1.165, 1.54) is 6.07 Å². The summed E-state index contributed by atoms with van der Waals surface area (Å²) in [5, 5.41) is 11.7. The zero-order chi connectivity index (χ0) is 24.9. The zero-order valence-corrected chi connectivity index (χ0v) is 22.1. The first-order valence-corrected chi connectivity index (χ1v) is 11.9. The van der Waals surface area contributed by atoms with Crippen LogP contribution >= 0.6 is 0 Å². The van der Waals surface area contributed by atoms with Crippen molar-refractivity contribution in [1.29, 1.82) is 0 Å². The number of aromatic nitrogens is 4. The average molecular weight is 675 g/mol. The fraction of sp³-hybridized carbons (Fsp3) is 0. The SMILES string of the molecule is O=C(O)c1cccc(-c2cccc3c2nc(-c2cccc4c2[n-]c2ccccc24)n3-c2ccccc2)n1.[Pt]. The van der Waals surface area contributed by atoms with Gasteiger partial charge in [0.15, 0.2) is 0 Å². The van der Waals surface area contributed by atoms with Crippen LogP contribution in [0.4, 0.5) is 0 Å². The maximum Gasteiger partial charge on any atom is 0.354 e. The summed E-state index contributed by atoms with van der Waals surface area (Å²) in [7, 11) is 0. The Morgan fingerprint density at radius 1 is 0.711 bits per heavy atom. The third-order valence-corrected chi connectivity index (χ3v) is 6.65. The second-order valence-corrected chi connectivity index (χ2v) is 8.82. The van der Waals surface area contributed by atoms with Crippen molar-refractivity contribution >= 4 is 38.8 Å². The number of carboxylic acid groups (broad SMARTS) is 1. The number of benzene rings is 4. The Labute approximate surface area is 231 Å². The Bertz CT molecular complexity index is 1980. The third-order valence-electron chi connectivity index (χ3n) is 6.65. The van der Waals surface area contributed by atoms with Crippen LogP contribution in [0, 0.1) is 0 Å². The Morgan fingerprint density at radius 2 is 1.42 bits per heavy atom. The van der Waals surface area contributed by atoms with E-state index in [1.807, 2.05) is 66.7 Å². The first-order valence-electron chi connectivity index (χ1n) is 11.9. The fourth-order valence-electron chi connectivity index (χ4n) is 5.01. The minimum absolute atomic E-state index is 0. The summed E-state index contributed by atoms with van der Waals surface area (Å²) in [6.07, 6.45) is 0. The Hall–Kier alpha value is -4.54. The molecular weight excluding hydrogens is 655 g/mol. The van der Waals surface area contributed by atoms with Gasteiger partial charge in [-0.2, -0.15) is 0 Å². The van der Waals surface area contributed by atoms with Crippen LogP contribution in [0.2, 0.25) is 0 Å². The van der Waals surface area contributed by atoms with Crippen molar-refractivity contribution in [2.45, 2.75) is 0 Å². The molecule has 0 saturated heterocycles. The largest absolute Gasteiger partial charge is 0.656 e. The number of hydrogen-bond acceptors (Lipinski definition) is 3. The van der Waals surface area contributed by atoms with Crippen LogP contribution in [0.1, 0.15) is 10.5 Å². The maximum absolute atomic E-state index is 11.6. The van der Waals surface area contributed by atoms with Crippen molar-refractivity contribution in [3.8, 4) is 28.3 Å². The second-order valence-electron chi connectivity index (χ2n) is 8.82. The number of aromatic carboxylic acids is 1. The first-order chi connectivity index (χ1) is 18.2. The van der Waals surface area contributed by atoms with Gasteiger partial charge < -0.3 is 10.1 Å². The van der Waals surface area contributed by atoms with Gasteiger partial charge in [0, 0.05) is 37.9 Å². The van der Waals surface area contributed by atoms with Gasteiger partial charge in [0.05, 0.1) is 16.7 Å². The standard InChI is InChI=1S/C31H20N4O2.Pt/c36-31(37)26-17-8-16-25(32-26)22-13-7-18-27-29(22)34-30(35(27)19-9-2-1-3-10-19)23-14-6-12-21-20-11-4-5-15-24(20)33-28(21)23;/h1-18H,(H2,32,33,34,36,37);/p-1. The van der Waals surface area contributed by atoms with Crippen molar-refractivity contribution in [1.82, 2.24) is 19.5 Å². The molecule has 6 nitrogen and oxygen atoms in total. The van der Waals surface area contributed by atoms with E-state index in [4.69, 9.17) is 9.97 Å². The molecule has 0 bridgehead atoms. The van der Waals surface area contributed by atoms with Crippen LogP contribution in [0.5, 0.6) is 0 Å². The number of rotatable bonds is 4. The molecule has 0 amide bonds. The van der Waals surface area contributed by atoms with Gasteiger partial charge in [-0.15, -0.1) is 11.0 Å². The zero-order valence-electron chi connectivity index (χ0n) is 19.9. The number of carboxylic acids is 1. The number of imidazole rings is 1. The molecule has 1 N–H and O–H groups in total. The first kappa shape index (κ1) is 23.8. The predicted octanol–water partition coefficient (Wildman–Crippen LogP) is 6.71. The average Bonchev–Trinajstić information content (AvgIpc) is 3.52. The fourth-order valence-corrected chi connectivity index (χ4v) is 5.01. The molecule has 0 fully saturated rings. The molecule has 3 heterocycles. The van der Waals surface area contributed by atoms with E-state index >= 15 is 0 Å². The monoisotopic (exact) mass is 674 g/mol.